The monoisotopic (exact) mass is 402 g/mol. The van der Waals surface area contributed by atoms with Gasteiger partial charge >= 0.3 is 12.0 Å². The Bertz CT molecular complexity index is 956. The van der Waals surface area contributed by atoms with Crippen LogP contribution in [0.25, 0.3) is 0 Å². The maximum Gasteiger partial charge on any atom is 0.304 e. The van der Waals surface area contributed by atoms with Gasteiger partial charge in [0.05, 0.1) is 11.4 Å². The van der Waals surface area contributed by atoms with Crippen LogP contribution in [0, 0.1) is 6.92 Å². The van der Waals surface area contributed by atoms with Gasteiger partial charge in [0.15, 0.2) is 6.10 Å². The number of aryl methyl sites for hydroxylation is 1. The molecule has 1 aliphatic rings. The quantitative estimate of drug-likeness (QED) is 0.690. The van der Waals surface area contributed by atoms with Gasteiger partial charge in [-0.25, -0.2) is 0 Å². The van der Waals surface area contributed by atoms with Crippen molar-refractivity contribution in [3.63, 3.8) is 0 Å². The fraction of sp³-hybridized carbons (Fsp3) is 0.300. The first kappa shape index (κ1) is 19.9. The first-order chi connectivity index (χ1) is 13.3. The second kappa shape index (κ2) is 8.43. The van der Waals surface area contributed by atoms with Gasteiger partial charge in [0.1, 0.15) is 6.61 Å². The number of ether oxygens (including phenoxy) is 2. The van der Waals surface area contributed by atoms with Gasteiger partial charge in [-0.15, -0.1) is 4.40 Å². The summed E-state index contributed by atoms with van der Waals surface area (Å²) in [5, 5.41) is 0. The van der Waals surface area contributed by atoms with Crippen LogP contribution < -0.4 is 0 Å². The number of carbonyl (C=O) groups excluding carboxylic acids is 1. The van der Waals surface area contributed by atoms with Crippen molar-refractivity contribution in [2.24, 2.45) is 4.40 Å². The van der Waals surface area contributed by atoms with Gasteiger partial charge in [-0.2, -0.15) is 8.42 Å². The molecule has 7 nitrogen and oxygen atoms in total. The van der Waals surface area contributed by atoms with Crippen molar-refractivity contribution < 1.29 is 22.7 Å². The normalized spacial score (nSPS) is 18.1. The number of rotatable bonds is 6. The Morgan fingerprint density at radius 2 is 1.86 bits per heavy atom. The van der Waals surface area contributed by atoms with Crippen LogP contribution in [0.4, 0.5) is 0 Å². The summed E-state index contributed by atoms with van der Waals surface area (Å²) in [7, 11) is -3.93. The summed E-state index contributed by atoms with van der Waals surface area (Å²) in [6.45, 7) is 4.02. The molecule has 0 bridgehead atoms. The zero-order valence-corrected chi connectivity index (χ0v) is 16.6. The van der Waals surface area contributed by atoms with Crippen LogP contribution in [-0.4, -0.2) is 44.6 Å². The predicted octanol–water partition coefficient (Wildman–Crippen LogP) is 2.50. The molecule has 1 heterocycles. The molecule has 2 aromatic rings. The number of sulfonamides is 1. The van der Waals surface area contributed by atoms with E-state index in [0.717, 1.165) is 11.1 Å². The Labute approximate surface area is 164 Å². The van der Waals surface area contributed by atoms with E-state index in [4.69, 9.17) is 9.47 Å². The molecule has 1 saturated heterocycles. The van der Waals surface area contributed by atoms with Gasteiger partial charge in [-0.1, -0.05) is 48.0 Å². The predicted molar refractivity (Wildman–Crippen MR) is 104 cm³/mol. The summed E-state index contributed by atoms with van der Waals surface area (Å²) in [4.78, 5) is 12.9. The van der Waals surface area contributed by atoms with E-state index in [1.54, 1.807) is 17.0 Å². The van der Waals surface area contributed by atoms with E-state index in [0.29, 0.717) is 13.1 Å². The van der Waals surface area contributed by atoms with Gasteiger partial charge in [0.25, 0.3) is 10.0 Å². The summed E-state index contributed by atoms with van der Waals surface area (Å²) >= 11 is 0. The first-order valence-corrected chi connectivity index (χ1v) is 10.3. The molecule has 0 saturated carbocycles. The molecule has 28 heavy (non-hydrogen) atoms. The van der Waals surface area contributed by atoms with Crippen molar-refractivity contribution in [2.75, 3.05) is 13.2 Å². The molecule has 0 spiro atoms. The highest BCUT2D eigenvalue weighted by Gasteiger charge is 2.32. The molecule has 0 aromatic heterocycles. The fourth-order valence-corrected chi connectivity index (χ4v) is 3.71. The molecule has 0 unspecified atom stereocenters. The molecule has 8 heteroatoms. The zero-order chi connectivity index (χ0) is 20.1. The Kier molecular flexibility index (Phi) is 5.99. The Morgan fingerprint density at radius 1 is 1.18 bits per heavy atom. The number of amidine groups is 1. The number of benzene rings is 2. The molecule has 0 N–H and O–H groups in total. The molecule has 0 amide bonds. The van der Waals surface area contributed by atoms with Gasteiger partial charge < -0.3 is 14.4 Å². The lowest BCUT2D eigenvalue weighted by Gasteiger charge is -2.15. The molecular formula is C20H22N2O5S. The molecule has 1 atom stereocenters. The third-order valence-electron chi connectivity index (χ3n) is 4.17. The number of nitrogens with zero attached hydrogens (tertiary/aromatic N) is 2. The second-order valence-electron chi connectivity index (χ2n) is 6.57. The molecule has 0 radical (unpaired) electrons. The Hall–Kier alpha value is -2.87. The van der Waals surface area contributed by atoms with E-state index < -0.39 is 22.1 Å². The number of hydrogen-bond donors (Lipinski definition) is 0. The Balaban J connectivity index is 1.86. The average Bonchev–Trinajstić information content (AvgIpc) is 3.02. The third-order valence-corrected chi connectivity index (χ3v) is 5.44. The minimum atomic E-state index is -3.93. The molecular weight excluding hydrogens is 380 g/mol. The lowest BCUT2D eigenvalue weighted by molar-refractivity contribution is -0.143. The largest absolute Gasteiger partial charge is 0.462 e. The van der Waals surface area contributed by atoms with Crippen LogP contribution in [0.1, 0.15) is 18.1 Å². The molecule has 0 aliphatic carbocycles. The van der Waals surface area contributed by atoms with Gasteiger partial charge in [-0.3, -0.25) is 4.79 Å². The standard InChI is InChI=1S/C20H22N2O5S/c1-15-8-10-19(11-9-15)28(24,25)21-20-22(12-17-6-4-3-5-7-17)13-18(27-20)14-26-16(2)23/h3-11,18H,12-14H2,1-2H3/b21-20-/t18-/m1/s1. The minimum Gasteiger partial charge on any atom is -0.462 e. The van der Waals surface area contributed by atoms with Crippen molar-refractivity contribution in [3.8, 4) is 0 Å². The SMILES string of the molecule is CC(=O)OC[C@H]1CN(Cc2ccccc2)/C(=N/S(=O)(=O)c2ccc(C)cc2)O1. The number of esters is 1. The molecule has 1 fully saturated rings. The number of carbonyl (C=O) groups is 1. The maximum atomic E-state index is 12.7. The minimum absolute atomic E-state index is 0.00146. The second-order valence-corrected chi connectivity index (χ2v) is 8.17. The molecule has 148 valence electrons. The van der Waals surface area contributed by atoms with Crippen molar-refractivity contribution in [3.05, 3.63) is 65.7 Å². The molecule has 3 rings (SSSR count). The highest BCUT2D eigenvalue weighted by Crippen LogP contribution is 2.20. The number of hydrogen-bond acceptors (Lipinski definition) is 5. The molecule has 2 aromatic carbocycles. The average molecular weight is 402 g/mol. The van der Waals surface area contributed by atoms with Crippen molar-refractivity contribution in [1.82, 2.24) is 4.90 Å². The summed E-state index contributed by atoms with van der Waals surface area (Å²) in [6, 6.07) is 16.1. The topological polar surface area (TPSA) is 85.3 Å². The smallest absolute Gasteiger partial charge is 0.304 e. The van der Waals surface area contributed by atoms with E-state index in [1.165, 1.54) is 19.1 Å². The highest BCUT2D eigenvalue weighted by molar-refractivity contribution is 7.90. The summed E-state index contributed by atoms with van der Waals surface area (Å²) in [5.74, 6) is -0.420. The van der Waals surface area contributed by atoms with E-state index in [-0.39, 0.29) is 17.5 Å². The summed E-state index contributed by atoms with van der Waals surface area (Å²) in [6.07, 6.45) is -0.486. The Morgan fingerprint density at radius 3 is 2.50 bits per heavy atom. The lowest BCUT2D eigenvalue weighted by atomic mass is 10.2. The first-order valence-electron chi connectivity index (χ1n) is 8.84. The maximum absolute atomic E-state index is 12.7. The van der Waals surface area contributed by atoms with Gasteiger partial charge in [-0.05, 0) is 24.6 Å². The van der Waals surface area contributed by atoms with Gasteiger partial charge in [0.2, 0.25) is 0 Å². The summed E-state index contributed by atoms with van der Waals surface area (Å²) < 4.78 is 40.0. The zero-order valence-electron chi connectivity index (χ0n) is 15.7. The van der Waals surface area contributed by atoms with E-state index in [9.17, 15) is 13.2 Å². The highest BCUT2D eigenvalue weighted by atomic mass is 32.2. The van der Waals surface area contributed by atoms with Crippen molar-refractivity contribution in [1.29, 1.82) is 0 Å². The lowest BCUT2D eigenvalue weighted by Crippen LogP contribution is -2.27. The molecule has 1 aliphatic heterocycles. The van der Waals surface area contributed by atoms with Crippen LogP contribution in [-0.2, 0) is 30.8 Å². The van der Waals surface area contributed by atoms with E-state index in [1.807, 2.05) is 37.3 Å². The third kappa shape index (κ3) is 5.10. The van der Waals surface area contributed by atoms with Crippen LogP contribution >= 0.6 is 0 Å². The van der Waals surface area contributed by atoms with E-state index in [2.05, 4.69) is 4.40 Å². The van der Waals surface area contributed by atoms with Crippen molar-refractivity contribution in [2.45, 2.75) is 31.4 Å². The van der Waals surface area contributed by atoms with Crippen LogP contribution in [0.2, 0.25) is 0 Å². The van der Waals surface area contributed by atoms with Crippen LogP contribution in [0.3, 0.4) is 0 Å². The van der Waals surface area contributed by atoms with Crippen molar-refractivity contribution >= 4 is 22.0 Å². The van der Waals surface area contributed by atoms with Crippen LogP contribution in [0.15, 0.2) is 63.9 Å². The van der Waals surface area contributed by atoms with E-state index >= 15 is 0 Å². The van der Waals surface area contributed by atoms with Crippen LogP contribution in [0.5, 0.6) is 0 Å². The fourth-order valence-electron chi connectivity index (χ4n) is 2.76. The van der Waals surface area contributed by atoms with Gasteiger partial charge in [0, 0.05) is 13.5 Å². The summed E-state index contributed by atoms with van der Waals surface area (Å²) in [5.41, 5.74) is 1.94.